The number of hydrogen-bond acceptors (Lipinski definition) is 3. The molecule has 4 nitrogen and oxygen atoms in total. The van der Waals surface area contributed by atoms with E-state index in [0.717, 1.165) is 18.2 Å². The van der Waals surface area contributed by atoms with Crippen LogP contribution in [0.5, 0.6) is 0 Å². The van der Waals surface area contributed by atoms with Gasteiger partial charge in [-0.2, -0.15) is 0 Å². The summed E-state index contributed by atoms with van der Waals surface area (Å²) in [5, 5.41) is 20.2. The second kappa shape index (κ2) is 5.20. The van der Waals surface area contributed by atoms with Gasteiger partial charge in [-0.25, -0.2) is 13.6 Å². The van der Waals surface area contributed by atoms with E-state index in [2.05, 4.69) is 5.32 Å². The van der Waals surface area contributed by atoms with Crippen LogP contribution in [0.1, 0.15) is 12.5 Å². The first-order valence-electron chi connectivity index (χ1n) is 4.96. The van der Waals surface area contributed by atoms with Gasteiger partial charge in [0.25, 0.3) is 0 Å². The van der Waals surface area contributed by atoms with Crippen LogP contribution in [0.3, 0.4) is 0 Å². The van der Waals surface area contributed by atoms with E-state index in [0.29, 0.717) is 0 Å². The van der Waals surface area contributed by atoms with Gasteiger partial charge in [-0.05, 0) is 25.1 Å². The number of aliphatic hydroxyl groups excluding tert-OH is 1. The van der Waals surface area contributed by atoms with Crippen molar-refractivity contribution >= 4 is 5.97 Å². The molecule has 0 aliphatic carbocycles. The Kier molecular flexibility index (Phi) is 4.14. The summed E-state index contributed by atoms with van der Waals surface area (Å²) in [7, 11) is 0. The van der Waals surface area contributed by atoms with Gasteiger partial charge < -0.3 is 10.2 Å². The Morgan fingerprint density at radius 1 is 1.47 bits per heavy atom. The average molecular weight is 245 g/mol. The van der Waals surface area contributed by atoms with Crippen LogP contribution in [0.15, 0.2) is 18.2 Å². The maximum Gasteiger partial charge on any atom is 0.328 e. The minimum atomic E-state index is -1.78. The maximum atomic E-state index is 13.5. The molecule has 1 aromatic rings. The summed E-state index contributed by atoms with van der Waals surface area (Å²) < 4.78 is 26.5. The average Bonchev–Trinajstić information content (AvgIpc) is 2.29. The highest BCUT2D eigenvalue weighted by molar-refractivity contribution is 5.80. The molecule has 0 amide bonds. The minimum Gasteiger partial charge on any atom is -0.480 e. The van der Waals surface area contributed by atoms with Gasteiger partial charge in [0.1, 0.15) is 17.2 Å². The SMILES string of the molecule is CC(NCCO)(C(=O)O)c1cc(F)ccc1F. The molecule has 17 heavy (non-hydrogen) atoms. The summed E-state index contributed by atoms with van der Waals surface area (Å²) in [5.41, 5.74) is -2.09. The van der Waals surface area contributed by atoms with E-state index in [1.165, 1.54) is 6.92 Å². The van der Waals surface area contributed by atoms with Gasteiger partial charge in [0, 0.05) is 12.1 Å². The molecule has 94 valence electrons. The third-order valence-corrected chi connectivity index (χ3v) is 2.49. The molecule has 0 fully saturated rings. The number of hydrogen-bond donors (Lipinski definition) is 3. The first-order chi connectivity index (χ1) is 7.91. The van der Waals surface area contributed by atoms with E-state index in [4.69, 9.17) is 10.2 Å². The maximum absolute atomic E-state index is 13.5. The number of carbonyl (C=O) groups is 1. The Balaban J connectivity index is 3.21. The van der Waals surface area contributed by atoms with Gasteiger partial charge in [-0.3, -0.25) is 5.32 Å². The van der Waals surface area contributed by atoms with Gasteiger partial charge in [-0.15, -0.1) is 0 Å². The molecule has 0 saturated heterocycles. The minimum absolute atomic E-state index is 0.0429. The number of carboxylic acids is 1. The van der Waals surface area contributed by atoms with E-state index in [1.54, 1.807) is 0 Å². The third kappa shape index (κ3) is 2.78. The normalized spacial score (nSPS) is 14.4. The number of rotatable bonds is 5. The molecule has 0 heterocycles. The van der Waals surface area contributed by atoms with Crippen LogP contribution in [0.4, 0.5) is 8.78 Å². The molecule has 1 rings (SSSR count). The zero-order valence-corrected chi connectivity index (χ0v) is 9.20. The van der Waals surface area contributed by atoms with Gasteiger partial charge >= 0.3 is 5.97 Å². The summed E-state index contributed by atoms with van der Waals surface area (Å²) in [6.45, 7) is 0.863. The molecule has 0 aliphatic rings. The molecular weight excluding hydrogens is 232 g/mol. The molecule has 0 saturated carbocycles. The van der Waals surface area contributed by atoms with Crippen molar-refractivity contribution in [2.45, 2.75) is 12.5 Å². The lowest BCUT2D eigenvalue weighted by Gasteiger charge is -2.27. The predicted octanol–water partition coefficient (Wildman–Crippen LogP) is 0.847. The fourth-order valence-corrected chi connectivity index (χ4v) is 1.47. The van der Waals surface area contributed by atoms with E-state index in [9.17, 15) is 13.6 Å². The van der Waals surface area contributed by atoms with Crippen molar-refractivity contribution in [3.63, 3.8) is 0 Å². The van der Waals surface area contributed by atoms with Crippen molar-refractivity contribution in [2.75, 3.05) is 13.2 Å². The molecular formula is C11H13F2NO3. The molecule has 0 bridgehead atoms. The van der Waals surface area contributed by atoms with Crippen molar-refractivity contribution in [3.8, 4) is 0 Å². The van der Waals surface area contributed by atoms with Gasteiger partial charge in [0.15, 0.2) is 0 Å². The summed E-state index contributed by atoms with van der Waals surface area (Å²) in [5.74, 6) is -2.89. The zero-order valence-electron chi connectivity index (χ0n) is 9.20. The highest BCUT2D eigenvalue weighted by Gasteiger charge is 2.37. The lowest BCUT2D eigenvalue weighted by Crippen LogP contribution is -2.48. The highest BCUT2D eigenvalue weighted by Crippen LogP contribution is 2.24. The van der Waals surface area contributed by atoms with Crippen molar-refractivity contribution in [1.82, 2.24) is 5.32 Å². The molecule has 0 aliphatic heterocycles. The van der Waals surface area contributed by atoms with E-state index < -0.39 is 23.1 Å². The Morgan fingerprint density at radius 2 is 2.12 bits per heavy atom. The fraction of sp³-hybridized carbons (Fsp3) is 0.364. The van der Waals surface area contributed by atoms with E-state index >= 15 is 0 Å². The quantitative estimate of drug-likeness (QED) is 0.719. The lowest BCUT2D eigenvalue weighted by molar-refractivity contribution is -0.144. The van der Waals surface area contributed by atoms with Crippen LogP contribution >= 0.6 is 0 Å². The molecule has 1 atom stereocenters. The first-order valence-corrected chi connectivity index (χ1v) is 4.96. The summed E-state index contributed by atoms with van der Waals surface area (Å²) in [6, 6.07) is 2.60. The third-order valence-electron chi connectivity index (χ3n) is 2.49. The Hall–Kier alpha value is -1.53. The number of aliphatic hydroxyl groups is 1. The second-order valence-electron chi connectivity index (χ2n) is 3.70. The monoisotopic (exact) mass is 245 g/mol. The number of benzene rings is 1. The topological polar surface area (TPSA) is 69.6 Å². The molecule has 1 unspecified atom stereocenters. The first kappa shape index (κ1) is 13.5. The smallest absolute Gasteiger partial charge is 0.328 e. The van der Waals surface area contributed by atoms with Gasteiger partial charge in [0.05, 0.1) is 6.61 Å². The Labute approximate surface area is 96.9 Å². The van der Waals surface area contributed by atoms with Gasteiger partial charge in [-0.1, -0.05) is 0 Å². The second-order valence-corrected chi connectivity index (χ2v) is 3.70. The largest absolute Gasteiger partial charge is 0.480 e. The lowest BCUT2D eigenvalue weighted by atomic mass is 9.91. The number of carboxylic acid groups (broad SMARTS) is 1. The van der Waals surface area contributed by atoms with Crippen LogP contribution in [-0.2, 0) is 10.3 Å². The highest BCUT2D eigenvalue weighted by atomic mass is 19.1. The van der Waals surface area contributed by atoms with Crippen LogP contribution in [-0.4, -0.2) is 29.3 Å². The van der Waals surface area contributed by atoms with Crippen molar-refractivity contribution in [1.29, 1.82) is 0 Å². The Morgan fingerprint density at radius 3 is 2.65 bits per heavy atom. The van der Waals surface area contributed by atoms with Crippen molar-refractivity contribution in [2.24, 2.45) is 0 Å². The molecule has 1 aromatic carbocycles. The molecule has 0 radical (unpaired) electrons. The van der Waals surface area contributed by atoms with E-state index in [-0.39, 0.29) is 18.7 Å². The fourth-order valence-electron chi connectivity index (χ4n) is 1.47. The summed E-state index contributed by atoms with van der Waals surface area (Å²) in [6.07, 6.45) is 0. The Bertz CT molecular complexity index is 425. The molecule has 6 heteroatoms. The van der Waals surface area contributed by atoms with Crippen molar-refractivity contribution < 1.29 is 23.8 Å². The van der Waals surface area contributed by atoms with Crippen LogP contribution < -0.4 is 5.32 Å². The number of aliphatic carboxylic acids is 1. The summed E-state index contributed by atoms with van der Waals surface area (Å²) in [4.78, 5) is 11.2. The molecule has 0 spiro atoms. The van der Waals surface area contributed by atoms with Gasteiger partial charge in [0.2, 0.25) is 0 Å². The number of halogens is 2. The molecule has 0 aromatic heterocycles. The van der Waals surface area contributed by atoms with Crippen LogP contribution in [0, 0.1) is 11.6 Å². The predicted molar refractivity (Wildman–Crippen MR) is 56.4 cm³/mol. The zero-order chi connectivity index (χ0) is 13.1. The van der Waals surface area contributed by atoms with E-state index in [1.807, 2.05) is 0 Å². The number of nitrogens with one attached hydrogen (secondary N) is 1. The van der Waals surface area contributed by atoms with Crippen molar-refractivity contribution in [3.05, 3.63) is 35.4 Å². The standard InChI is InChI=1S/C11H13F2NO3/c1-11(10(16)17,14-4-5-15)8-6-7(12)2-3-9(8)13/h2-3,6,14-15H,4-5H2,1H3,(H,16,17). The van der Waals surface area contributed by atoms with Crippen LogP contribution in [0.25, 0.3) is 0 Å². The van der Waals surface area contributed by atoms with Crippen LogP contribution in [0.2, 0.25) is 0 Å². The molecule has 3 N–H and O–H groups in total. The summed E-state index contributed by atoms with van der Waals surface area (Å²) >= 11 is 0.